The van der Waals surface area contributed by atoms with Crippen molar-refractivity contribution in [3.8, 4) is 5.75 Å². The number of phenolic OH excluding ortho intramolecular Hbond substituents is 1. The molecule has 0 unspecified atom stereocenters. The summed E-state index contributed by atoms with van der Waals surface area (Å²) in [5.74, 6) is 0.643. The molecule has 1 aromatic rings. The van der Waals surface area contributed by atoms with Gasteiger partial charge in [-0.25, -0.2) is 0 Å². The Hall–Kier alpha value is -0.250. The summed E-state index contributed by atoms with van der Waals surface area (Å²) in [5.41, 5.74) is 6.73. The number of phenols is 1. The summed E-state index contributed by atoms with van der Waals surface area (Å²) < 4.78 is 0.515. The minimum atomic E-state index is -0.154. The third kappa shape index (κ3) is 3.10. The fourth-order valence-electron chi connectivity index (χ4n) is 1.49. The lowest BCUT2D eigenvalue weighted by molar-refractivity contribution is 0.442. The molecule has 0 heterocycles. The van der Waals surface area contributed by atoms with E-state index in [-0.39, 0.29) is 11.8 Å². The number of hydrogen-bond donors (Lipinski definition) is 2. The zero-order valence-electron chi connectivity index (χ0n) is 8.80. The first-order chi connectivity index (χ1) is 6.93. The zero-order valence-corrected chi connectivity index (χ0v) is 11.1. The minimum Gasteiger partial charge on any atom is -0.506 e. The minimum absolute atomic E-state index is 0.149. The fraction of sp³-hybridized carbons (Fsp3) is 0.455. The quantitative estimate of drug-likeness (QED) is 0.889. The highest BCUT2D eigenvalue weighted by Gasteiger charge is 2.15. The maximum Gasteiger partial charge on any atom is 0.136 e. The molecule has 2 nitrogen and oxygen atoms in total. The first kappa shape index (κ1) is 12.8. The molecule has 1 aromatic carbocycles. The second kappa shape index (κ2) is 5.19. The molecule has 1 atom stereocenters. The van der Waals surface area contributed by atoms with Gasteiger partial charge in [-0.15, -0.1) is 0 Å². The number of nitrogens with two attached hydrogens (primary N) is 1. The summed E-state index contributed by atoms with van der Waals surface area (Å²) in [5, 5.41) is 10.3. The van der Waals surface area contributed by atoms with Crippen LogP contribution in [0.2, 0.25) is 5.02 Å². The van der Waals surface area contributed by atoms with Crippen molar-refractivity contribution in [3.05, 3.63) is 27.2 Å². The van der Waals surface area contributed by atoms with E-state index in [1.807, 2.05) is 0 Å². The van der Waals surface area contributed by atoms with Gasteiger partial charge in [0.1, 0.15) is 5.75 Å². The van der Waals surface area contributed by atoms with Gasteiger partial charge in [0.25, 0.3) is 0 Å². The average Bonchev–Trinajstić information content (AvgIpc) is 2.13. The average molecular weight is 293 g/mol. The number of hydrogen-bond acceptors (Lipinski definition) is 2. The van der Waals surface area contributed by atoms with Crippen molar-refractivity contribution in [1.82, 2.24) is 0 Å². The normalized spacial score (nSPS) is 13.2. The predicted molar refractivity (Wildman–Crippen MR) is 67.2 cm³/mol. The third-order valence-corrected chi connectivity index (χ3v) is 3.57. The van der Waals surface area contributed by atoms with Gasteiger partial charge >= 0.3 is 0 Å². The Labute approximate surface area is 104 Å². The lowest BCUT2D eigenvalue weighted by atomic mass is 9.97. The Morgan fingerprint density at radius 1 is 1.47 bits per heavy atom. The van der Waals surface area contributed by atoms with Gasteiger partial charge in [0.15, 0.2) is 0 Å². The number of benzene rings is 1. The van der Waals surface area contributed by atoms with Crippen molar-refractivity contribution in [2.24, 2.45) is 11.7 Å². The zero-order chi connectivity index (χ0) is 11.6. The Morgan fingerprint density at radius 3 is 2.60 bits per heavy atom. The van der Waals surface area contributed by atoms with Gasteiger partial charge in [0, 0.05) is 11.6 Å². The Kier molecular flexibility index (Phi) is 4.44. The molecule has 0 aliphatic carbocycles. The van der Waals surface area contributed by atoms with Crippen LogP contribution in [0.5, 0.6) is 5.75 Å². The van der Waals surface area contributed by atoms with E-state index in [1.165, 1.54) is 0 Å². The molecule has 0 saturated heterocycles. The van der Waals surface area contributed by atoms with Crippen molar-refractivity contribution in [3.63, 3.8) is 0 Å². The molecule has 0 spiro atoms. The molecule has 4 heteroatoms. The summed E-state index contributed by atoms with van der Waals surface area (Å²) in [4.78, 5) is 0. The van der Waals surface area contributed by atoms with Crippen LogP contribution in [0.1, 0.15) is 31.9 Å². The van der Waals surface area contributed by atoms with Crippen LogP contribution in [-0.4, -0.2) is 5.11 Å². The molecule has 84 valence electrons. The molecule has 0 bridgehead atoms. The highest BCUT2D eigenvalue weighted by molar-refractivity contribution is 9.10. The Morgan fingerprint density at radius 2 is 2.07 bits per heavy atom. The summed E-state index contributed by atoms with van der Waals surface area (Å²) in [6.45, 7) is 4.20. The Balaban J connectivity index is 3.00. The second-order valence-electron chi connectivity index (χ2n) is 4.04. The first-order valence-corrected chi connectivity index (χ1v) is 6.03. The lowest BCUT2D eigenvalue weighted by Crippen LogP contribution is -2.13. The molecule has 0 amide bonds. The fourth-order valence-corrected chi connectivity index (χ4v) is 2.00. The molecule has 0 saturated carbocycles. The molecule has 0 aliphatic heterocycles. The van der Waals surface area contributed by atoms with Crippen molar-refractivity contribution < 1.29 is 5.11 Å². The first-order valence-electron chi connectivity index (χ1n) is 4.86. The van der Waals surface area contributed by atoms with Gasteiger partial charge < -0.3 is 10.8 Å². The highest BCUT2D eigenvalue weighted by atomic mass is 79.9. The standard InChI is InChI=1S/C11H15BrClNO/c1-6(2)5-9(14)7-3-4-8(13)10(12)11(7)15/h3-4,6,9,15H,5,14H2,1-2H3/t9-/m1/s1. The Bertz CT molecular complexity index is 355. The molecule has 15 heavy (non-hydrogen) atoms. The monoisotopic (exact) mass is 291 g/mol. The van der Waals surface area contributed by atoms with E-state index in [1.54, 1.807) is 12.1 Å². The largest absolute Gasteiger partial charge is 0.506 e. The number of halogens is 2. The summed E-state index contributed by atoms with van der Waals surface area (Å²) in [6, 6.07) is 3.36. The smallest absolute Gasteiger partial charge is 0.136 e. The summed E-state index contributed by atoms with van der Waals surface area (Å²) in [6.07, 6.45) is 0.835. The molecule has 0 aromatic heterocycles. The van der Waals surface area contributed by atoms with E-state index in [0.29, 0.717) is 15.4 Å². The molecule has 1 rings (SSSR count). The van der Waals surface area contributed by atoms with Crippen molar-refractivity contribution in [2.75, 3.05) is 0 Å². The van der Waals surface area contributed by atoms with Crippen molar-refractivity contribution in [2.45, 2.75) is 26.3 Å². The van der Waals surface area contributed by atoms with Gasteiger partial charge in [-0.2, -0.15) is 0 Å². The van der Waals surface area contributed by atoms with Crippen molar-refractivity contribution in [1.29, 1.82) is 0 Å². The van der Waals surface area contributed by atoms with E-state index in [2.05, 4.69) is 29.8 Å². The lowest BCUT2D eigenvalue weighted by Gasteiger charge is -2.16. The van der Waals surface area contributed by atoms with Gasteiger partial charge in [-0.3, -0.25) is 0 Å². The van der Waals surface area contributed by atoms with Crippen LogP contribution in [0.3, 0.4) is 0 Å². The van der Waals surface area contributed by atoms with E-state index in [0.717, 1.165) is 12.0 Å². The summed E-state index contributed by atoms with van der Waals surface area (Å²) >= 11 is 9.08. The molecular weight excluding hydrogens is 277 g/mol. The van der Waals surface area contributed by atoms with Gasteiger partial charge in [-0.05, 0) is 34.3 Å². The topological polar surface area (TPSA) is 46.2 Å². The third-order valence-electron chi connectivity index (χ3n) is 2.23. The summed E-state index contributed by atoms with van der Waals surface area (Å²) in [7, 11) is 0. The van der Waals surface area contributed by atoms with Gasteiger partial charge in [-0.1, -0.05) is 31.5 Å². The highest BCUT2D eigenvalue weighted by Crippen LogP contribution is 2.37. The van der Waals surface area contributed by atoms with Crippen LogP contribution < -0.4 is 5.73 Å². The van der Waals surface area contributed by atoms with E-state index in [4.69, 9.17) is 17.3 Å². The van der Waals surface area contributed by atoms with Crippen LogP contribution >= 0.6 is 27.5 Å². The second-order valence-corrected chi connectivity index (χ2v) is 5.24. The van der Waals surface area contributed by atoms with Crippen LogP contribution in [0.25, 0.3) is 0 Å². The van der Waals surface area contributed by atoms with Gasteiger partial charge in [0.2, 0.25) is 0 Å². The molecule has 0 aliphatic rings. The van der Waals surface area contributed by atoms with E-state index < -0.39 is 0 Å². The molecule has 0 radical (unpaired) electrons. The van der Waals surface area contributed by atoms with Crippen LogP contribution in [-0.2, 0) is 0 Å². The molecular formula is C11H15BrClNO. The van der Waals surface area contributed by atoms with Crippen LogP contribution in [0, 0.1) is 5.92 Å². The number of rotatable bonds is 3. The van der Waals surface area contributed by atoms with Crippen LogP contribution in [0.15, 0.2) is 16.6 Å². The van der Waals surface area contributed by atoms with Gasteiger partial charge in [0.05, 0.1) is 9.50 Å². The van der Waals surface area contributed by atoms with E-state index >= 15 is 0 Å². The van der Waals surface area contributed by atoms with E-state index in [9.17, 15) is 5.11 Å². The SMILES string of the molecule is CC(C)C[C@@H](N)c1ccc(Cl)c(Br)c1O. The van der Waals surface area contributed by atoms with Crippen LogP contribution in [0.4, 0.5) is 0 Å². The predicted octanol–water partition coefficient (Wildman–Crippen LogP) is 3.85. The van der Waals surface area contributed by atoms with Crippen molar-refractivity contribution >= 4 is 27.5 Å². The number of aromatic hydroxyl groups is 1. The molecule has 0 fully saturated rings. The molecule has 3 N–H and O–H groups in total. The maximum absolute atomic E-state index is 9.85. The maximum atomic E-state index is 9.85.